The fourth-order valence-corrected chi connectivity index (χ4v) is 2.98. The van der Waals surface area contributed by atoms with E-state index in [1.807, 2.05) is 0 Å². The molecule has 2 fully saturated rings. The lowest BCUT2D eigenvalue weighted by molar-refractivity contribution is -0.146. The highest BCUT2D eigenvalue weighted by Crippen LogP contribution is 2.44. The third kappa shape index (κ3) is 3.62. The van der Waals surface area contributed by atoms with Crippen molar-refractivity contribution in [1.29, 1.82) is 0 Å². The molecule has 2 unspecified atom stereocenters. The average Bonchev–Trinajstić information content (AvgIpc) is 2.32. The van der Waals surface area contributed by atoms with Gasteiger partial charge in [-0.15, -0.1) is 0 Å². The quantitative estimate of drug-likeness (QED) is 0.748. The van der Waals surface area contributed by atoms with Gasteiger partial charge in [-0.3, -0.25) is 0 Å². The molecule has 2 N–H and O–H groups in total. The Hall–Kier alpha value is -0.260. The maximum absolute atomic E-state index is 11.9. The summed E-state index contributed by atoms with van der Waals surface area (Å²) in [6, 6.07) is 0.0454. The van der Waals surface area contributed by atoms with E-state index >= 15 is 0 Å². The highest BCUT2D eigenvalue weighted by atomic mass is 19.3. The van der Waals surface area contributed by atoms with E-state index in [-0.39, 0.29) is 11.6 Å². The summed E-state index contributed by atoms with van der Waals surface area (Å²) in [6.07, 6.45) is 3.84. The van der Waals surface area contributed by atoms with Gasteiger partial charge in [-0.2, -0.15) is 0 Å². The van der Waals surface area contributed by atoms with Crippen molar-refractivity contribution < 1.29 is 18.3 Å². The van der Waals surface area contributed by atoms with Gasteiger partial charge in [0.15, 0.2) is 0 Å². The predicted molar refractivity (Wildman–Crippen MR) is 64.7 cm³/mol. The number of ether oxygens (including phenoxy) is 2. The van der Waals surface area contributed by atoms with Crippen molar-refractivity contribution in [2.45, 2.75) is 56.6 Å². The standard InChI is InChI=1S/C13H23F2NO2/c14-12(15)9-17-6-3-11(16)10-2-7-18-13(8-10)4-1-5-13/h10-12H,1-9,16H2. The van der Waals surface area contributed by atoms with Crippen LogP contribution in [0.15, 0.2) is 0 Å². The van der Waals surface area contributed by atoms with Crippen molar-refractivity contribution in [1.82, 2.24) is 0 Å². The van der Waals surface area contributed by atoms with E-state index in [1.54, 1.807) is 0 Å². The average molecular weight is 263 g/mol. The largest absolute Gasteiger partial charge is 0.375 e. The molecule has 1 saturated carbocycles. The van der Waals surface area contributed by atoms with Crippen molar-refractivity contribution in [3.8, 4) is 0 Å². The van der Waals surface area contributed by atoms with Crippen LogP contribution in [0, 0.1) is 5.92 Å². The van der Waals surface area contributed by atoms with E-state index in [1.165, 1.54) is 6.42 Å². The van der Waals surface area contributed by atoms with Gasteiger partial charge in [-0.05, 0) is 44.4 Å². The minimum Gasteiger partial charge on any atom is -0.375 e. The first-order valence-corrected chi connectivity index (χ1v) is 6.87. The molecule has 0 aromatic rings. The van der Waals surface area contributed by atoms with Gasteiger partial charge in [0.05, 0.1) is 5.60 Å². The van der Waals surface area contributed by atoms with Gasteiger partial charge in [0.1, 0.15) is 6.61 Å². The van der Waals surface area contributed by atoms with Crippen molar-refractivity contribution in [2.24, 2.45) is 11.7 Å². The van der Waals surface area contributed by atoms with Gasteiger partial charge in [0.2, 0.25) is 0 Å². The fourth-order valence-electron chi connectivity index (χ4n) is 2.98. The van der Waals surface area contributed by atoms with Crippen LogP contribution in [0.4, 0.5) is 8.78 Å². The molecule has 0 bridgehead atoms. The van der Waals surface area contributed by atoms with Crippen LogP contribution in [-0.2, 0) is 9.47 Å². The van der Waals surface area contributed by atoms with Crippen LogP contribution in [0.1, 0.15) is 38.5 Å². The second-order valence-electron chi connectivity index (χ2n) is 5.56. The Morgan fingerprint density at radius 2 is 2.17 bits per heavy atom. The lowest BCUT2D eigenvalue weighted by Crippen LogP contribution is -2.49. The van der Waals surface area contributed by atoms with Crippen molar-refractivity contribution in [3.05, 3.63) is 0 Å². The van der Waals surface area contributed by atoms with E-state index in [0.29, 0.717) is 18.9 Å². The van der Waals surface area contributed by atoms with Gasteiger partial charge < -0.3 is 15.2 Å². The molecule has 5 heteroatoms. The first kappa shape index (κ1) is 14.2. The minimum atomic E-state index is -2.39. The Morgan fingerprint density at radius 3 is 2.78 bits per heavy atom. The molecular weight excluding hydrogens is 240 g/mol. The zero-order chi connectivity index (χ0) is 13.0. The van der Waals surface area contributed by atoms with E-state index < -0.39 is 13.0 Å². The SMILES string of the molecule is NC(CCOCC(F)F)C1CCOC2(CCC2)C1. The summed E-state index contributed by atoms with van der Waals surface area (Å²) in [6.45, 7) is 0.635. The molecular formula is C13H23F2NO2. The summed E-state index contributed by atoms with van der Waals surface area (Å²) in [5, 5.41) is 0. The molecule has 1 heterocycles. The van der Waals surface area contributed by atoms with Gasteiger partial charge in [0.25, 0.3) is 6.43 Å². The molecule has 1 aliphatic carbocycles. The molecule has 0 aromatic heterocycles. The minimum absolute atomic E-state index is 0.0454. The number of halogens is 2. The molecule has 2 atom stereocenters. The maximum atomic E-state index is 11.9. The Kier molecular flexibility index (Phi) is 4.92. The summed E-state index contributed by atoms with van der Waals surface area (Å²) < 4.78 is 34.5. The summed E-state index contributed by atoms with van der Waals surface area (Å²) in [5.41, 5.74) is 6.24. The number of hydrogen-bond donors (Lipinski definition) is 1. The summed E-state index contributed by atoms with van der Waals surface area (Å²) in [4.78, 5) is 0. The topological polar surface area (TPSA) is 44.5 Å². The third-order valence-corrected chi connectivity index (χ3v) is 4.24. The van der Waals surface area contributed by atoms with E-state index in [9.17, 15) is 8.78 Å². The molecule has 1 aliphatic heterocycles. The molecule has 18 heavy (non-hydrogen) atoms. The first-order chi connectivity index (χ1) is 8.61. The number of nitrogens with two attached hydrogens (primary N) is 1. The van der Waals surface area contributed by atoms with Crippen LogP contribution < -0.4 is 5.73 Å². The molecule has 2 rings (SSSR count). The normalized spacial score (nSPS) is 28.3. The first-order valence-electron chi connectivity index (χ1n) is 6.87. The van der Waals surface area contributed by atoms with Gasteiger partial charge in [0, 0.05) is 19.3 Å². The molecule has 0 aromatic carbocycles. The highest BCUT2D eigenvalue weighted by molar-refractivity contribution is 4.96. The van der Waals surface area contributed by atoms with Crippen LogP contribution in [0.25, 0.3) is 0 Å². The smallest absolute Gasteiger partial charge is 0.261 e. The number of alkyl halides is 2. The lowest BCUT2D eigenvalue weighted by atomic mass is 9.70. The Labute approximate surface area is 107 Å². The zero-order valence-corrected chi connectivity index (χ0v) is 10.7. The van der Waals surface area contributed by atoms with Crippen LogP contribution in [-0.4, -0.2) is 37.9 Å². The lowest BCUT2D eigenvalue weighted by Gasteiger charge is -2.48. The van der Waals surface area contributed by atoms with Crippen molar-refractivity contribution >= 4 is 0 Å². The molecule has 0 radical (unpaired) electrons. The molecule has 3 nitrogen and oxygen atoms in total. The van der Waals surface area contributed by atoms with Gasteiger partial charge in [-0.1, -0.05) is 0 Å². The molecule has 1 spiro atoms. The number of rotatable bonds is 6. The Bertz CT molecular complexity index is 259. The monoisotopic (exact) mass is 263 g/mol. The highest BCUT2D eigenvalue weighted by Gasteiger charge is 2.43. The van der Waals surface area contributed by atoms with Gasteiger partial charge >= 0.3 is 0 Å². The predicted octanol–water partition coefficient (Wildman–Crippen LogP) is 2.33. The number of hydrogen-bond acceptors (Lipinski definition) is 3. The van der Waals surface area contributed by atoms with Crippen LogP contribution >= 0.6 is 0 Å². The van der Waals surface area contributed by atoms with Crippen molar-refractivity contribution in [2.75, 3.05) is 19.8 Å². The zero-order valence-electron chi connectivity index (χ0n) is 10.7. The van der Waals surface area contributed by atoms with E-state index in [0.717, 1.165) is 32.3 Å². The van der Waals surface area contributed by atoms with Crippen LogP contribution in [0.5, 0.6) is 0 Å². The Morgan fingerprint density at radius 1 is 1.39 bits per heavy atom. The second kappa shape index (κ2) is 6.26. The van der Waals surface area contributed by atoms with Crippen LogP contribution in [0.3, 0.4) is 0 Å². The van der Waals surface area contributed by atoms with Crippen molar-refractivity contribution in [3.63, 3.8) is 0 Å². The summed E-state index contributed by atoms with van der Waals surface area (Å²) in [5.74, 6) is 0.453. The summed E-state index contributed by atoms with van der Waals surface area (Å²) in [7, 11) is 0. The molecule has 0 amide bonds. The maximum Gasteiger partial charge on any atom is 0.261 e. The molecule has 1 saturated heterocycles. The molecule has 106 valence electrons. The van der Waals surface area contributed by atoms with E-state index in [2.05, 4.69) is 0 Å². The molecule has 2 aliphatic rings. The van der Waals surface area contributed by atoms with Gasteiger partial charge in [-0.25, -0.2) is 8.78 Å². The summed E-state index contributed by atoms with van der Waals surface area (Å²) >= 11 is 0. The fraction of sp³-hybridized carbons (Fsp3) is 1.00. The van der Waals surface area contributed by atoms with E-state index in [4.69, 9.17) is 15.2 Å². The second-order valence-corrected chi connectivity index (χ2v) is 5.56. The third-order valence-electron chi connectivity index (χ3n) is 4.24. The van der Waals surface area contributed by atoms with Crippen LogP contribution in [0.2, 0.25) is 0 Å². The Balaban J connectivity index is 1.66.